The SMILES string of the molecule is COc1ccc(C2CC(=O)Nc3c2c(C)nn3-c2nncc(-c3ccccc3)n2)cc1OC. The van der Waals surface area contributed by atoms with Gasteiger partial charge in [-0.15, -0.1) is 5.10 Å². The van der Waals surface area contributed by atoms with Crippen LogP contribution in [0.1, 0.15) is 29.2 Å². The number of fused-ring (bicyclic) bond motifs is 1. The van der Waals surface area contributed by atoms with E-state index >= 15 is 0 Å². The van der Waals surface area contributed by atoms with Gasteiger partial charge in [0, 0.05) is 23.5 Å². The van der Waals surface area contributed by atoms with E-state index in [-0.39, 0.29) is 24.2 Å². The first kappa shape index (κ1) is 20.6. The lowest BCUT2D eigenvalue weighted by Gasteiger charge is -2.24. The zero-order chi connectivity index (χ0) is 22.9. The number of carbonyl (C=O) groups is 1. The van der Waals surface area contributed by atoms with Crippen molar-refractivity contribution in [3.8, 4) is 28.7 Å². The van der Waals surface area contributed by atoms with Crippen molar-refractivity contribution < 1.29 is 14.3 Å². The van der Waals surface area contributed by atoms with Gasteiger partial charge in [-0.05, 0) is 24.6 Å². The maximum Gasteiger partial charge on any atom is 0.272 e. The number of carbonyl (C=O) groups excluding carboxylic acids is 1. The normalized spacial score (nSPS) is 15.0. The minimum atomic E-state index is -0.201. The van der Waals surface area contributed by atoms with Gasteiger partial charge >= 0.3 is 0 Å². The van der Waals surface area contributed by atoms with Gasteiger partial charge in [-0.25, -0.2) is 4.98 Å². The third-order valence-corrected chi connectivity index (χ3v) is 5.72. The van der Waals surface area contributed by atoms with E-state index in [4.69, 9.17) is 9.47 Å². The highest BCUT2D eigenvalue weighted by Crippen LogP contribution is 2.42. The summed E-state index contributed by atoms with van der Waals surface area (Å²) in [6.07, 6.45) is 1.89. The maximum absolute atomic E-state index is 12.7. The molecule has 3 heterocycles. The van der Waals surface area contributed by atoms with E-state index in [0.29, 0.717) is 23.0 Å². The molecule has 5 rings (SSSR count). The number of anilines is 1. The van der Waals surface area contributed by atoms with Gasteiger partial charge in [-0.2, -0.15) is 14.9 Å². The van der Waals surface area contributed by atoms with E-state index in [1.165, 1.54) is 0 Å². The van der Waals surface area contributed by atoms with Gasteiger partial charge in [0.2, 0.25) is 5.91 Å². The third-order valence-electron chi connectivity index (χ3n) is 5.72. The Hall–Kier alpha value is -4.27. The molecule has 0 radical (unpaired) electrons. The molecule has 1 aliphatic rings. The molecular formula is C24H22N6O3. The van der Waals surface area contributed by atoms with Gasteiger partial charge in [-0.3, -0.25) is 4.79 Å². The van der Waals surface area contributed by atoms with E-state index in [9.17, 15) is 4.79 Å². The summed E-state index contributed by atoms with van der Waals surface area (Å²) in [4.78, 5) is 17.4. The number of benzene rings is 2. The van der Waals surface area contributed by atoms with Crippen LogP contribution in [0.2, 0.25) is 0 Å². The Kier molecular flexibility index (Phi) is 5.21. The number of hydrogen-bond acceptors (Lipinski definition) is 7. The smallest absolute Gasteiger partial charge is 0.272 e. The Morgan fingerprint density at radius 3 is 2.61 bits per heavy atom. The summed E-state index contributed by atoms with van der Waals surface area (Å²) in [7, 11) is 3.18. The fourth-order valence-corrected chi connectivity index (χ4v) is 4.18. The number of rotatable bonds is 5. The number of nitrogens with zero attached hydrogens (tertiary/aromatic N) is 5. The van der Waals surface area contributed by atoms with Gasteiger partial charge in [0.1, 0.15) is 5.82 Å². The quantitative estimate of drug-likeness (QED) is 0.504. The van der Waals surface area contributed by atoms with Crippen LogP contribution in [0.3, 0.4) is 0 Å². The second-order valence-corrected chi connectivity index (χ2v) is 7.69. The molecule has 0 spiro atoms. The van der Waals surface area contributed by atoms with Crippen molar-refractivity contribution in [2.75, 3.05) is 19.5 Å². The Morgan fingerprint density at radius 1 is 1.06 bits per heavy atom. The molecule has 1 N–H and O–H groups in total. The average Bonchev–Trinajstić information content (AvgIpc) is 3.19. The van der Waals surface area contributed by atoms with Crippen LogP contribution in [-0.4, -0.2) is 45.1 Å². The summed E-state index contributed by atoms with van der Waals surface area (Å²) >= 11 is 0. The van der Waals surface area contributed by atoms with Crippen LogP contribution in [0, 0.1) is 6.92 Å². The van der Waals surface area contributed by atoms with E-state index < -0.39 is 0 Å². The van der Waals surface area contributed by atoms with Crippen LogP contribution in [-0.2, 0) is 4.79 Å². The molecule has 9 heteroatoms. The minimum absolute atomic E-state index is 0.115. The first-order chi connectivity index (χ1) is 16.1. The monoisotopic (exact) mass is 442 g/mol. The Morgan fingerprint density at radius 2 is 1.85 bits per heavy atom. The largest absolute Gasteiger partial charge is 0.493 e. The number of nitrogens with one attached hydrogen (secondary N) is 1. The van der Waals surface area contributed by atoms with Gasteiger partial charge in [0.15, 0.2) is 11.5 Å². The van der Waals surface area contributed by atoms with E-state index in [1.807, 2.05) is 55.5 Å². The summed E-state index contributed by atoms with van der Waals surface area (Å²) in [5, 5.41) is 15.9. The van der Waals surface area contributed by atoms with Crippen molar-refractivity contribution in [2.45, 2.75) is 19.3 Å². The highest BCUT2D eigenvalue weighted by atomic mass is 16.5. The minimum Gasteiger partial charge on any atom is -0.493 e. The first-order valence-electron chi connectivity index (χ1n) is 10.5. The van der Waals surface area contributed by atoms with Crippen molar-refractivity contribution in [3.05, 3.63) is 71.5 Å². The summed E-state index contributed by atoms with van der Waals surface area (Å²) in [6.45, 7) is 1.91. The van der Waals surface area contributed by atoms with Crippen molar-refractivity contribution >= 4 is 11.7 Å². The van der Waals surface area contributed by atoms with Crippen LogP contribution < -0.4 is 14.8 Å². The number of methoxy groups -OCH3 is 2. The van der Waals surface area contributed by atoms with E-state index in [0.717, 1.165) is 22.4 Å². The van der Waals surface area contributed by atoms with E-state index in [2.05, 4.69) is 25.6 Å². The van der Waals surface area contributed by atoms with Crippen LogP contribution >= 0.6 is 0 Å². The highest BCUT2D eigenvalue weighted by molar-refractivity contribution is 5.95. The predicted molar refractivity (Wildman–Crippen MR) is 122 cm³/mol. The molecule has 166 valence electrons. The molecule has 1 unspecified atom stereocenters. The maximum atomic E-state index is 12.7. The van der Waals surface area contributed by atoms with Crippen LogP contribution in [0.15, 0.2) is 54.7 Å². The molecule has 1 aliphatic heterocycles. The Bertz CT molecular complexity index is 1340. The molecule has 0 aliphatic carbocycles. The fraction of sp³-hybridized carbons (Fsp3) is 0.208. The van der Waals surface area contributed by atoms with Crippen molar-refractivity contribution in [1.29, 1.82) is 0 Å². The molecule has 2 aromatic carbocycles. The molecule has 0 saturated carbocycles. The first-order valence-corrected chi connectivity index (χ1v) is 10.5. The molecule has 0 saturated heterocycles. The van der Waals surface area contributed by atoms with Gasteiger partial charge in [0.05, 0.1) is 31.8 Å². The van der Waals surface area contributed by atoms with Crippen molar-refractivity contribution in [2.24, 2.45) is 0 Å². The number of aryl methyl sites for hydroxylation is 1. The second kappa shape index (κ2) is 8.34. The summed E-state index contributed by atoms with van der Waals surface area (Å²) in [5.74, 6) is 1.76. The lowest BCUT2D eigenvalue weighted by Crippen LogP contribution is -2.25. The van der Waals surface area contributed by atoms with Crippen molar-refractivity contribution in [1.82, 2.24) is 25.0 Å². The fourth-order valence-electron chi connectivity index (χ4n) is 4.18. The molecule has 33 heavy (non-hydrogen) atoms. The Balaban J connectivity index is 1.61. The zero-order valence-electron chi connectivity index (χ0n) is 18.4. The zero-order valence-corrected chi connectivity index (χ0v) is 18.4. The topological polar surface area (TPSA) is 104 Å². The number of aromatic nitrogens is 5. The van der Waals surface area contributed by atoms with Crippen LogP contribution in [0.5, 0.6) is 11.5 Å². The molecule has 2 aromatic heterocycles. The van der Waals surface area contributed by atoms with Gasteiger partial charge in [-0.1, -0.05) is 36.4 Å². The van der Waals surface area contributed by atoms with Gasteiger partial charge < -0.3 is 14.8 Å². The van der Waals surface area contributed by atoms with Crippen molar-refractivity contribution in [3.63, 3.8) is 0 Å². The Labute approximate surface area is 190 Å². The van der Waals surface area contributed by atoms with Gasteiger partial charge in [0.25, 0.3) is 5.95 Å². The predicted octanol–water partition coefficient (Wildman–Crippen LogP) is 3.52. The molecule has 1 amide bonds. The molecule has 9 nitrogen and oxygen atoms in total. The molecule has 0 bridgehead atoms. The summed E-state index contributed by atoms with van der Waals surface area (Å²) in [5.41, 5.74) is 4.21. The molecule has 4 aromatic rings. The van der Waals surface area contributed by atoms with E-state index in [1.54, 1.807) is 25.1 Å². The average molecular weight is 442 g/mol. The number of amides is 1. The molecule has 0 fully saturated rings. The summed E-state index contributed by atoms with van der Waals surface area (Å²) < 4.78 is 12.4. The lowest BCUT2D eigenvalue weighted by atomic mass is 9.85. The van der Waals surface area contributed by atoms with Crippen LogP contribution in [0.4, 0.5) is 5.82 Å². The second-order valence-electron chi connectivity index (χ2n) is 7.69. The summed E-state index contributed by atoms with van der Waals surface area (Å²) in [6, 6.07) is 15.4. The number of ether oxygens (including phenoxy) is 2. The standard InChI is InChI=1S/C24H22N6O3/c1-14-22-17(16-9-10-19(32-2)20(11-16)33-3)12-21(31)27-23(22)30(29-14)24-26-18(13-25-28-24)15-7-5-4-6-8-15/h4-11,13,17H,12H2,1-3H3,(H,27,31). The number of hydrogen-bond donors (Lipinski definition) is 1. The van der Waals surface area contributed by atoms with Crippen LogP contribution in [0.25, 0.3) is 17.2 Å². The highest BCUT2D eigenvalue weighted by Gasteiger charge is 2.33. The lowest BCUT2D eigenvalue weighted by molar-refractivity contribution is -0.116. The third kappa shape index (κ3) is 3.67. The molecule has 1 atom stereocenters. The molecular weight excluding hydrogens is 420 g/mol.